The van der Waals surface area contributed by atoms with Crippen molar-refractivity contribution < 1.29 is 34.1 Å². The molecule has 3 aliphatic heterocycles. The van der Waals surface area contributed by atoms with Crippen molar-refractivity contribution >= 4 is 17.7 Å². The zero-order chi connectivity index (χ0) is 29.0. The van der Waals surface area contributed by atoms with Crippen LogP contribution in [0.4, 0.5) is 8.78 Å². The number of nitrogens with one attached hydrogen (secondary N) is 1. The third kappa shape index (κ3) is 3.51. The molecular weight excluding hydrogens is 392 g/mol. The number of benzene rings is 1. The van der Waals surface area contributed by atoms with Gasteiger partial charge >= 0.3 is 0 Å². The van der Waals surface area contributed by atoms with Gasteiger partial charge in [0.15, 0.2) is 0 Å². The second-order valence-corrected chi connectivity index (χ2v) is 8.46. The zero-order valence-electron chi connectivity index (χ0n) is 24.7. The summed E-state index contributed by atoms with van der Waals surface area (Å²) in [6.07, 6.45) is -6.87. The number of likely N-dealkylation sites (tertiary alicyclic amines) is 1. The Morgan fingerprint density at radius 3 is 2.43 bits per heavy atom. The van der Waals surface area contributed by atoms with Crippen molar-refractivity contribution in [2.45, 2.75) is 70.4 Å². The van der Waals surface area contributed by atoms with Crippen molar-refractivity contribution in [1.82, 2.24) is 15.1 Å². The smallest absolute Gasteiger partial charge is 0.255 e. The van der Waals surface area contributed by atoms with Crippen LogP contribution >= 0.6 is 0 Å². The lowest BCUT2D eigenvalue weighted by Gasteiger charge is -2.41. The lowest BCUT2D eigenvalue weighted by atomic mass is 9.85. The quantitative estimate of drug-likeness (QED) is 0.737. The van der Waals surface area contributed by atoms with Crippen molar-refractivity contribution in [3.8, 4) is 0 Å². The monoisotopic (exact) mass is 427 g/mol. The van der Waals surface area contributed by atoms with Gasteiger partial charge in [0.05, 0.1) is 12.1 Å². The summed E-state index contributed by atoms with van der Waals surface area (Å²) >= 11 is 0. The van der Waals surface area contributed by atoms with Gasteiger partial charge in [0.1, 0.15) is 17.7 Å². The zero-order valence-corrected chi connectivity index (χ0v) is 16.7. The maximum Gasteiger partial charge on any atom is 0.255 e. The Labute approximate surface area is 185 Å². The minimum Gasteiger partial charge on any atom is -0.322 e. The number of rotatable bonds is 2. The summed E-state index contributed by atoms with van der Waals surface area (Å²) in [5.74, 6) is -7.94. The summed E-state index contributed by atoms with van der Waals surface area (Å²) in [4.78, 5) is 38.1. The molecule has 0 unspecified atom stereocenters. The number of nitrogens with zero attached hydrogens (tertiary/aromatic N) is 2. The first kappa shape index (κ1) is 13.1. The van der Waals surface area contributed by atoms with E-state index in [2.05, 4.69) is 5.32 Å². The van der Waals surface area contributed by atoms with Gasteiger partial charge in [-0.25, -0.2) is 8.78 Å². The van der Waals surface area contributed by atoms with Crippen LogP contribution in [0.15, 0.2) is 6.07 Å². The molecule has 2 fully saturated rings. The van der Waals surface area contributed by atoms with Gasteiger partial charge in [0.2, 0.25) is 11.8 Å². The van der Waals surface area contributed by atoms with Crippen molar-refractivity contribution in [3.63, 3.8) is 0 Å². The van der Waals surface area contributed by atoms with Crippen LogP contribution in [-0.2, 0) is 16.1 Å². The van der Waals surface area contributed by atoms with E-state index in [0.29, 0.717) is 11.0 Å². The lowest BCUT2D eigenvalue weighted by Crippen LogP contribution is -2.52. The van der Waals surface area contributed by atoms with E-state index in [-0.39, 0.29) is 12.8 Å². The van der Waals surface area contributed by atoms with Gasteiger partial charge in [-0.3, -0.25) is 24.6 Å². The van der Waals surface area contributed by atoms with E-state index < -0.39 is 95.8 Å². The number of fused-ring (bicyclic) bond motifs is 1. The van der Waals surface area contributed by atoms with Crippen LogP contribution < -0.4 is 5.32 Å². The molecule has 0 bridgehead atoms. The largest absolute Gasteiger partial charge is 0.322 e. The molecular formula is C22H27F2N3O3. The number of carbonyl (C=O) groups excluding carboxylic acids is 3. The number of hydrogen-bond donors (Lipinski definition) is 1. The highest BCUT2D eigenvalue weighted by molar-refractivity contribution is 6.05. The summed E-state index contributed by atoms with van der Waals surface area (Å²) in [5.41, 5.74) is -3.60. The highest BCUT2D eigenvalue weighted by atomic mass is 19.1. The first-order chi connectivity index (χ1) is 17.1. The lowest BCUT2D eigenvalue weighted by molar-refractivity contribution is -0.136. The molecule has 0 saturated carbocycles. The van der Waals surface area contributed by atoms with E-state index in [1.165, 1.54) is 20.8 Å². The summed E-state index contributed by atoms with van der Waals surface area (Å²) < 4.78 is 100. The molecule has 0 aromatic heterocycles. The van der Waals surface area contributed by atoms with Crippen LogP contribution in [0.1, 0.15) is 84.7 Å². The predicted molar refractivity (Wildman–Crippen MR) is 106 cm³/mol. The van der Waals surface area contributed by atoms with E-state index in [9.17, 15) is 14.4 Å². The second-order valence-electron chi connectivity index (χ2n) is 8.46. The fourth-order valence-corrected chi connectivity index (χ4v) is 3.72. The summed E-state index contributed by atoms with van der Waals surface area (Å²) in [5, 5.41) is 2.07. The number of carbonyl (C=O) groups is 3. The fourth-order valence-electron chi connectivity index (χ4n) is 3.72. The molecule has 0 radical (unpaired) electrons. The molecule has 1 aromatic rings. The highest BCUT2D eigenvalue weighted by Gasteiger charge is 2.42. The van der Waals surface area contributed by atoms with E-state index in [4.69, 9.17) is 11.0 Å². The van der Waals surface area contributed by atoms with Gasteiger partial charge in [-0.2, -0.15) is 0 Å². The standard InChI is InChI=1S/C22H27F2N3O3/c1-22(2,3)26-8-6-12(7-9-26)18-15(23)10-13-14(19(18)24)11-27(21(13)30)16-4-5-17(28)25-20(16)29/h10,12,16H,4-9,11H2,1-3H3,(H,25,28,29)/t16-/m1/s1/i6D2,7D2,8D2,9D2. The Kier molecular flexibility index (Phi) is 3.25. The predicted octanol–water partition coefficient (Wildman–Crippen LogP) is 2.70. The minimum atomic E-state index is -3.36. The Morgan fingerprint density at radius 2 is 1.83 bits per heavy atom. The van der Waals surface area contributed by atoms with Gasteiger partial charge in [0, 0.05) is 34.1 Å². The van der Waals surface area contributed by atoms with Gasteiger partial charge < -0.3 is 4.90 Å². The molecule has 1 atom stereocenters. The number of halogens is 2. The van der Waals surface area contributed by atoms with Gasteiger partial charge in [-0.05, 0) is 64.9 Å². The van der Waals surface area contributed by atoms with E-state index in [1.54, 1.807) is 0 Å². The molecule has 162 valence electrons. The Hall–Kier alpha value is -2.35. The molecule has 30 heavy (non-hydrogen) atoms. The van der Waals surface area contributed by atoms with Crippen LogP contribution in [-0.4, -0.2) is 52.1 Å². The van der Waals surface area contributed by atoms with Crippen LogP contribution in [0.5, 0.6) is 0 Å². The molecule has 0 spiro atoms. The average molecular weight is 428 g/mol. The number of piperidine rings is 2. The van der Waals surface area contributed by atoms with Crippen molar-refractivity contribution in [2.75, 3.05) is 13.0 Å². The Bertz CT molecular complexity index is 1220. The van der Waals surface area contributed by atoms with E-state index in [0.717, 1.165) is 4.90 Å². The molecule has 6 nitrogen and oxygen atoms in total. The highest BCUT2D eigenvalue weighted by Crippen LogP contribution is 2.38. The third-order valence-electron chi connectivity index (χ3n) is 5.36. The molecule has 8 heteroatoms. The van der Waals surface area contributed by atoms with E-state index in [1.807, 2.05) is 0 Å². The van der Waals surface area contributed by atoms with Crippen molar-refractivity contribution in [2.24, 2.45) is 0 Å². The van der Waals surface area contributed by atoms with Crippen LogP contribution in [0.2, 0.25) is 0 Å². The third-order valence-corrected chi connectivity index (χ3v) is 5.36. The Balaban J connectivity index is 1.87. The SMILES string of the molecule is [2H]C1([2H])C(c2c(F)cc3c(c2F)CN([C@@H]2CCC(=O)NC2=O)C3=O)C([2H])([2H])C([2H])([2H])N(C(C)(C)C)C1([2H])[2H]. The van der Waals surface area contributed by atoms with Crippen LogP contribution in [0, 0.1) is 11.6 Å². The molecule has 4 rings (SSSR count). The molecule has 3 heterocycles. The second kappa shape index (κ2) is 7.41. The summed E-state index contributed by atoms with van der Waals surface area (Å²) in [6.45, 7) is -2.95. The molecule has 3 amide bonds. The maximum atomic E-state index is 16.0. The topological polar surface area (TPSA) is 69.7 Å². The number of hydrogen-bond acceptors (Lipinski definition) is 4. The summed E-state index contributed by atoms with van der Waals surface area (Å²) in [7, 11) is 0. The molecule has 0 aliphatic carbocycles. The average Bonchev–Trinajstić information content (AvgIpc) is 3.04. The summed E-state index contributed by atoms with van der Waals surface area (Å²) in [6, 6.07) is -0.579. The number of amides is 3. The number of imide groups is 1. The Morgan fingerprint density at radius 1 is 1.17 bits per heavy atom. The van der Waals surface area contributed by atoms with Crippen molar-refractivity contribution in [3.05, 3.63) is 34.4 Å². The van der Waals surface area contributed by atoms with Crippen molar-refractivity contribution in [1.29, 1.82) is 0 Å². The first-order valence-corrected chi connectivity index (χ1v) is 9.56. The molecule has 1 N–H and O–H groups in total. The normalized spacial score (nSPS) is 34.4. The first-order valence-electron chi connectivity index (χ1n) is 13.6. The van der Waals surface area contributed by atoms with Gasteiger partial charge in [-0.1, -0.05) is 0 Å². The van der Waals surface area contributed by atoms with Gasteiger partial charge in [0.25, 0.3) is 5.91 Å². The maximum absolute atomic E-state index is 16.0. The molecule has 1 aromatic carbocycles. The van der Waals surface area contributed by atoms with Gasteiger partial charge in [-0.15, -0.1) is 0 Å². The van der Waals surface area contributed by atoms with E-state index >= 15 is 8.78 Å². The molecule has 2 saturated heterocycles. The van der Waals surface area contributed by atoms with Crippen LogP contribution in [0.3, 0.4) is 0 Å². The molecule has 3 aliphatic rings. The van der Waals surface area contributed by atoms with Crippen LogP contribution in [0.25, 0.3) is 0 Å². The minimum absolute atomic E-state index is 0.0574. The fraction of sp³-hybridized carbons (Fsp3) is 0.591.